The average Bonchev–Trinajstić information content (AvgIpc) is 2.92. The van der Waals surface area contributed by atoms with Crippen LogP contribution in [0.25, 0.3) is 0 Å². The third-order valence-electron chi connectivity index (χ3n) is 2.15. The molecule has 0 bridgehead atoms. The maximum Gasteiger partial charge on any atom is 0.137 e. The third-order valence-corrected chi connectivity index (χ3v) is 3.04. The molecule has 3 heteroatoms. The quantitative estimate of drug-likeness (QED) is 0.779. The summed E-state index contributed by atoms with van der Waals surface area (Å²) in [5.74, 6) is 1.83. The van der Waals surface area contributed by atoms with Crippen LogP contribution in [0.5, 0.6) is 11.5 Å². The first-order valence-corrected chi connectivity index (χ1v) is 6.67. The molecule has 0 atom stereocenters. The van der Waals surface area contributed by atoms with Gasteiger partial charge < -0.3 is 9.47 Å². The lowest BCUT2D eigenvalue weighted by molar-refractivity contribution is 0.129. The van der Waals surface area contributed by atoms with E-state index in [1.165, 1.54) is 12.8 Å². The van der Waals surface area contributed by atoms with Crippen LogP contribution in [0.1, 0.15) is 33.6 Å². The van der Waals surface area contributed by atoms with Crippen LogP contribution in [0.2, 0.25) is 0 Å². The van der Waals surface area contributed by atoms with Gasteiger partial charge >= 0.3 is 0 Å². The Hall–Kier alpha value is -0.450. The largest absolute Gasteiger partial charge is 0.490 e. The highest BCUT2D eigenvalue weighted by atomic mass is 127. The zero-order chi connectivity index (χ0) is 11.8. The number of ether oxygens (including phenoxy) is 2. The summed E-state index contributed by atoms with van der Waals surface area (Å²) in [7, 11) is 0. The van der Waals surface area contributed by atoms with Crippen molar-refractivity contribution in [3.8, 4) is 11.5 Å². The van der Waals surface area contributed by atoms with E-state index in [0.717, 1.165) is 15.1 Å². The molecule has 1 aromatic carbocycles. The lowest BCUT2D eigenvalue weighted by Gasteiger charge is -2.22. The second-order valence-electron chi connectivity index (χ2n) is 5.12. The van der Waals surface area contributed by atoms with Crippen LogP contribution in [0.3, 0.4) is 0 Å². The summed E-state index contributed by atoms with van der Waals surface area (Å²) in [6, 6.07) is 6.04. The van der Waals surface area contributed by atoms with Crippen molar-refractivity contribution in [2.75, 3.05) is 0 Å². The molecule has 0 aromatic heterocycles. The van der Waals surface area contributed by atoms with Gasteiger partial charge in [-0.1, -0.05) is 0 Å². The van der Waals surface area contributed by atoms with Gasteiger partial charge in [-0.3, -0.25) is 0 Å². The smallest absolute Gasteiger partial charge is 0.137 e. The van der Waals surface area contributed by atoms with Gasteiger partial charge in [-0.05, 0) is 68.3 Å². The van der Waals surface area contributed by atoms with E-state index in [1.807, 2.05) is 18.2 Å². The second kappa shape index (κ2) is 4.43. The van der Waals surface area contributed by atoms with Gasteiger partial charge in [0.1, 0.15) is 17.1 Å². The van der Waals surface area contributed by atoms with E-state index in [0.29, 0.717) is 6.10 Å². The summed E-state index contributed by atoms with van der Waals surface area (Å²) in [4.78, 5) is 0. The topological polar surface area (TPSA) is 18.5 Å². The van der Waals surface area contributed by atoms with Gasteiger partial charge in [-0.2, -0.15) is 0 Å². The Morgan fingerprint density at radius 1 is 1.25 bits per heavy atom. The summed E-state index contributed by atoms with van der Waals surface area (Å²) in [5, 5.41) is 0. The summed E-state index contributed by atoms with van der Waals surface area (Å²) in [6.07, 6.45) is 2.80. The number of hydrogen-bond donors (Lipinski definition) is 0. The van der Waals surface area contributed by atoms with E-state index in [9.17, 15) is 0 Å². The molecule has 0 unspecified atom stereocenters. The highest BCUT2D eigenvalue weighted by Gasteiger charge is 2.24. The normalized spacial score (nSPS) is 16.0. The molecule has 0 amide bonds. The Bertz CT molecular complexity index is 378. The van der Waals surface area contributed by atoms with E-state index >= 15 is 0 Å². The highest BCUT2D eigenvalue weighted by molar-refractivity contribution is 14.1. The van der Waals surface area contributed by atoms with Crippen LogP contribution in [-0.4, -0.2) is 11.7 Å². The van der Waals surface area contributed by atoms with Crippen molar-refractivity contribution in [2.24, 2.45) is 0 Å². The van der Waals surface area contributed by atoms with Crippen LogP contribution in [0.15, 0.2) is 18.2 Å². The predicted octanol–water partition coefficient (Wildman–Crippen LogP) is 4.01. The molecule has 16 heavy (non-hydrogen) atoms. The summed E-state index contributed by atoms with van der Waals surface area (Å²) < 4.78 is 12.8. The zero-order valence-electron chi connectivity index (χ0n) is 9.92. The average molecular weight is 332 g/mol. The maximum absolute atomic E-state index is 5.89. The molecule has 88 valence electrons. The van der Waals surface area contributed by atoms with Crippen molar-refractivity contribution in [1.29, 1.82) is 0 Å². The molecule has 2 rings (SSSR count). The minimum atomic E-state index is -0.169. The van der Waals surface area contributed by atoms with E-state index < -0.39 is 0 Å². The van der Waals surface area contributed by atoms with E-state index in [4.69, 9.17) is 9.47 Å². The van der Waals surface area contributed by atoms with Crippen LogP contribution < -0.4 is 9.47 Å². The molecule has 2 nitrogen and oxygen atoms in total. The molecule has 0 saturated heterocycles. The monoisotopic (exact) mass is 332 g/mol. The molecular formula is C13H17IO2. The van der Waals surface area contributed by atoms with Gasteiger partial charge in [-0.25, -0.2) is 0 Å². The van der Waals surface area contributed by atoms with Crippen molar-refractivity contribution in [1.82, 2.24) is 0 Å². The molecule has 1 aliphatic rings. The Morgan fingerprint density at radius 3 is 2.50 bits per heavy atom. The minimum Gasteiger partial charge on any atom is -0.490 e. The molecule has 0 aliphatic heterocycles. The first-order chi connectivity index (χ1) is 7.44. The van der Waals surface area contributed by atoms with Gasteiger partial charge in [0.05, 0.1) is 9.67 Å². The predicted molar refractivity (Wildman–Crippen MR) is 73.2 cm³/mol. The fourth-order valence-corrected chi connectivity index (χ4v) is 1.79. The Labute approximate surface area is 110 Å². The summed E-state index contributed by atoms with van der Waals surface area (Å²) >= 11 is 2.29. The first-order valence-electron chi connectivity index (χ1n) is 5.59. The molecule has 0 radical (unpaired) electrons. The van der Waals surface area contributed by atoms with Crippen LogP contribution >= 0.6 is 22.6 Å². The fourth-order valence-electron chi connectivity index (χ4n) is 1.34. The number of halogens is 1. The molecule has 1 aliphatic carbocycles. The van der Waals surface area contributed by atoms with Crippen molar-refractivity contribution in [3.05, 3.63) is 21.8 Å². The van der Waals surface area contributed by atoms with Crippen molar-refractivity contribution < 1.29 is 9.47 Å². The van der Waals surface area contributed by atoms with Crippen LogP contribution in [-0.2, 0) is 0 Å². The molecule has 0 N–H and O–H groups in total. The SMILES string of the molecule is CC(C)(C)Oc1cc(OC2CC2)ccc1I. The molecule has 0 spiro atoms. The molecule has 1 fully saturated rings. The van der Waals surface area contributed by atoms with Gasteiger partial charge in [0.25, 0.3) is 0 Å². The number of benzene rings is 1. The Morgan fingerprint density at radius 2 is 1.94 bits per heavy atom. The van der Waals surface area contributed by atoms with Gasteiger partial charge in [0.2, 0.25) is 0 Å². The lowest BCUT2D eigenvalue weighted by atomic mass is 10.2. The number of hydrogen-bond acceptors (Lipinski definition) is 2. The van der Waals surface area contributed by atoms with Crippen molar-refractivity contribution >= 4 is 22.6 Å². The van der Waals surface area contributed by atoms with E-state index in [-0.39, 0.29) is 5.60 Å². The molecule has 1 aromatic rings. The van der Waals surface area contributed by atoms with Crippen LogP contribution in [0.4, 0.5) is 0 Å². The fraction of sp³-hybridized carbons (Fsp3) is 0.538. The first kappa shape index (κ1) is 12.0. The third kappa shape index (κ3) is 3.54. The van der Waals surface area contributed by atoms with Gasteiger partial charge in [-0.15, -0.1) is 0 Å². The molecule has 0 heterocycles. The zero-order valence-corrected chi connectivity index (χ0v) is 12.1. The van der Waals surface area contributed by atoms with Gasteiger partial charge in [0, 0.05) is 6.07 Å². The Kier molecular flexibility index (Phi) is 3.33. The molecule has 1 saturated carbocycles. The standard InChI is InChI=1S/C13H17IO2/c1-13(2,3)16-12-8-10(6-7-11(12)14)15-9-4-5-9/h6-9H,4-5H2,1-3H3. The summed E-state index contributed by atoms with van der Waals surface area (Å²) in [5.41, 5.74) is -0.169. The second-order valence-corrected chi connectivity index (χ2v) is 6.29. The Balaban J connectivity index is 2.14. The van der Waals surface area contributed by atoms with Crippen LogP contribution in [0, 0.1) is 3.57 Å². The minimum absolute atomic E-state index is 0.169. The summed E-state index contributed by atoms with van der Waals surface area (Å²) in [6.45, 7) is 6.16. The van der Waals surface area contributed by atoms with Crippen molar-refractivity contribution in [3.63, 3.8) is 0 Å². The lowest BCUT2D eigenvalue weighted by Crippen LogP contribution is -2.23. The molecular weight excluding hydrogens is 315 g/mol. The van der Waals surface area contributed by atoms with Crippen molar-refractivity contribution in [2.45, 2.75) is 45.3 Å². The number of rotatable bonds is 3. The maximum atomic E-state index is 5.89. The van der Waals surface area contributed by atoms with E-state index in [1.54, 1.807) is 0 Å². The van der Waals surface area contributed by atoms with Gasteiger partial charge in [0.15, 0.2) is 0 Å². The van der Waals surface area contributed by atoms with E-state index in [2.05, 4.69) is 43.4 Å². The highest BCUT2D eigenvalue weighted by Crippen LogP contribution is 2.32.